The molecule has 0 atom stereocenters. The number of aryl methyl sites for hydroxylation is 2. The van der Waals surface area contributed by atoms with Gasteiger partial charge in [-0.25, -0.2) is 28.7 Å². The van der Waals surface area contributed by atoms with Crippen molar-refractivity contribution in [2.24, 2.45) is 0 Å². The molecule has 0 spiro atoms. The number of benzene rings is 4. The van der Waals surface area contributed by atoms with Crippen LogP contribution in [0, 0.1) is 25.5 Å². The zero-order chi connectivity index (χ0) is 56.3. The molecule has 80 heavy (non-hydrogen) atoms. The minimum atomic E-state index is -4.58. The molecule has 0 radical (unpaired) electrons. The maximum atomic E-state index is 14.2. The number of aromatic nitrogens is 6. The number of aromatic hydroxyl groups is 1. The van der Waals surface area contributed by atoms with E-state index in [9.17, 15) is 36.6 Å². The molecule has 6 heterocycles. The summed E-state index contributed by atoms with van der Waals surface area (Å²) in [5.41, 5.74) is 16.0. The van der Waals surface area contributed by atoms with Crippen molar-refractivity contribution < 1.29 is 46.1 Å². The van der Waals surface area contributed by atoms with Gasteiger partial charge in [-0.15, -0.1) is 0 Å². The Morgan fingerprint density at radius 1 is 0.562 bits per heavy atom. The molecule has 19 nitrogen and oxygen atoms in total. The summed E-state index contributed by atoms with van der Waals surface area (Å²) in [4.78, 5) is 53.0. The van der Waals surface area contributed by atoms with E-state index in [2.05, 4.69) is 62.2 Å². The molecule has 2 fully saturated rings. The number of ether oxygens (including phenoxy) is 2. The second-order valence-electron chi connectivity index (χ2n) is 18.2. The van der Waals surface area contributed by atoms with E-state index in [0.717, 1.165) is 52.5 Å². The Balaban J connectivity index is 0.000000195. The summed E-state index contributed by atoms with van der Waals surface area (Å²) in [6.07, 6.45) is 0.337. The quantitative estimate of drug-likeness (QED) is 0.0397. The van der Waals surface area contributed by atoms with E-state index in [-0.39, 0.29) is 46.4 Å². The summed E-state index contributed by atoms with van der Waals surface area (Å²) in [7, 11) is 0. The number of phenolic OH excluding ortho intramolecular Hbond substituents is 1. The number of alkyl halides is 3. The summed E-state index contributed by atoms with van der Waals surface area (Å²) >= 11 is 6.13. The first-order valence-corrected chi connectivity index (χ1v) is 25.1. The van der Waals surface area contributed by atoms with Crippen LogP contribution in [0.5, 0.6) is 5.75 Å². The van der Waals surface area contributed by atoms with E-state index >= 15 is 0 Å². The lowest BCUT2D eigenvalue weighted by Crippen LogP contribution is -2.38. The van der Waals surface area contributed by atoms with Crippen LogP contribution in [-0.2, 0) is 15.7 Å². The summed E-state index contributed by atoms with van der Waals surface area (Å²) < 4.78 is 80.1. The number of pyridine rings is 2. The van der Waals surface area contributed by atoms with Crippen molar-refractivity contribution >= 4 is 69.7 Å². The van der Waals surface area contributed by atoms with Crippen molar-refractivity contribution in [3.8, 4) is 28.0 Å². The Morgan fingerprint density at radius 3 is 1.52 bits per heavy atom. The number of nitrogens with zero attached hydrogens (tertiary/aromatic N) is 8. The number of morpholine rings is 2. The highest BCUT2D eigenvalue weighted by Crippen LogP contribution is 2.37. The fraction of sp³-hybridized carbons (Fsp3) is 0.200. The minimum Gasteiger partial charge on any atom is -0.508 e. The number of carbonyl (C=O) groups is 2. The predicted molar refractivity (Wildman–Crippen MR) is 292 cm³/mol. The number of anilines is 8. The van der Waals surface area contributed by atoms with Crippen molar-refractivity contribution in [3.05, 3.63) is 173 Å². The number of nitrogens with one attached hydrogen (secondary N) is 6. The van der Waals surface area contributed by atoms with Crippen LogP contribution < -0.4 is 42.1 Å². The third kappa shape index (κ3) is 14.6. The molecule has 2 aliphatic heterocycles. The van der Waals surface area contributed by atoms with Gasteiger partial charge >= 0.3 is 6.18 Å². The maximum Gasteiger partial charge on any atom is 0.416 e. The normalized spacial score (nSPS) is 13.3. The van der Waals surface area contributed by atoms with Gasteiger partial charge in [-0.3, -0.25) is 31.3 Å². The molecule has 2 amide bonds. The number of hydrogen-bond acceptors (Lipinski definition) is 17. The third-order valence-corrected chi connectivity index (χ3v) is 12.3. The molecule has 7 N–H and O–H groups in total. The summed E-state index contributed by atoms with van der Waals surface area (Å²) in [5.74, 6) is -1.82. The van der Waals surface area contributed by atoms with Crippen LogP contribution >= 0.6 is 11.6 Å². The topological polar surface area (TPSA) is 229 Å². The lowest BCUT2D eigenvalue weighted by Gasteiger charge is -2.28. The Kier molecular flexibility index (Phi) is 17.4. The molecule has 4 aromatic heterocycles. The van der Waals surface area contributed by atoms with Crippen LogP contribution in [0.15, 0.2) is 128 Å². The highest BCUT2D eigenvalue weighted by atomic mass is 35.5. The smallest absolute Gasteiger partial charge is 0.416 e. The maximum absolute atomic E-state index is 14.2. The van der Waals surface area contributed by atoms with Gasteiger partial charge in [0.1, 0.15) is 17.1 Å². The molecule has 4 aromatic carbocycles. The van der Waals surface area contributed by atoms with Crippen molar-refractivity contribution in [1.82, 2.24) is 40.8 Å². The Bertz CT molecular complexity index is 3480. The van der Waals surface area contributed by atoms with E-state index in [4.69, 9.17) is 21.1 Å². The number of amides is 2. The Hall–Kier alpha value is -9.26. The SMILES string of the molecule is Cc1cc(Cl)cc(-c2cc(Nc3ccc(C(=O)NNc4ncc(F)c(N5CCOCC5)n4)nc3)cc(C(F)(F)F)c2)c1.Cc1cc(Nc2ccc(C(=O)NNc3ncc(F)c(N4CCOCC4)n3)nc2)cc(-c2cccc(O)c2)c1. The van der Waals surface area contributed by atoms with Crippen LogP contribution in [0.25, 0.3) is 22.3 Å². The lowest BCUT2D eigenvalue weighted by atomic mass is 10.00. The zero-order valence-electron chi connectivity index (χ0n) is 42.7. The molecule has 25 heteroatoms. The van der Waals surface area contributed by atoms with Crippen LogP contribution in [0.4, 0.5) is 68.2 Å². The van der Waals surface area contributed by atoms with Gasteiger partial charge in [0.15, 0.2) is 23.3 Å². The number of carbonyl (C=O) groups excluding carboxylic acids is 2. The van der Waals surface area contributed by atoms with E-state index in [0.29, 0.717) is 80.1 Å². The molecule has 0 aliphatic carbocycles. The molecule has 10 rings (SSSR count). The Morgan fingerprint density at radius 2 is 1.05 bits per heavy atom. The van der Waals surface area contributed by atoms with Gasteiger partial charge in [-0.2, -0.15) is 23.1 Å². The van der Waals surface area contributed by atoms with Crippen LogP contribution in [0.2, 0.25) is 5.02 Å². The summed E-state index contributed by atoms with van der Waals surface area (Å²) in [6, 6.07) is 27.9. The van der Waals surface area contributed by atoms with E-state index in [1.54, 1.807) is 77.5 Å². The average molecular weight is 1120 g/mol. The van der Waals surface area contributed by atoms with Gasteiger partial charge in [0.2, 0.25) is 11.9 Å². The zero-order valence-corrected chi connectivity index (χ0v) is 43.5. The van der Waals surface area contributed by atoms with Gasteiger partial charge in [-0.1, -0.05) is 35.9 Å². The second kappa shape index (κ2) is 25.0. The Labute approximate surface area is 459 Å². The molecular formula is C55H50ClF5N14O5. The molecule has 8 aromatic rings. The fourth-order valence-corrected chi connectivity index (χ4v) is 8.65. The fourth-order valence-electron chi connectivity index (χ4n) is 8.36. The largest absolute Gasteiger partial charge is 0.508 e. The van der Waals surface area contributed by atoms with Gasteiger partial charge in [0, 0.05) is 42.6 Å². The molecule has 412 valence electrons. The molecule has 0 unspecified atom stereocenters. The monoisotopic (exact) mass is 1120 g/mol. The van der Waals surface area contributed by atoms with Crippen molar-refractivity contribution in [2.45, 2.75) is 20.0 Å². The van der Waals surface area contributed by atoms with E-state index in [1.165, 1.54) is 18.3 Å². The molecule has 2 saturated heterocycles. The molecule has 2 aliphatic rings. The van der Waals surface area contributed by atoms with Crippen LogP contribution in [0.1, 0.15) is 37.7 Å². The minimum absolute atomic E-state index is 0.00250. The second-order valence-corrected chi connectivity index (χ2v) is 18.6. The first-order chi connectivity index (χ1) is 38.5. The van der Waals surface area contributed by atoms with Crippen molar-refractivity contribution in [3.63, 3.8) is 0 Å². The van der Waals surface area contributed by atoms with E-state index < -0.39 is 35.2 Å². The number of halogens is 6. The van der Waals surface area contributed by atoms with E-state index in [1.807, 2.05) is 31.2 Å². The predicted octanol–water partition coefficient (Wildman–Crippen LogP) is 10.0. The summed E-state index contributed by atoms with van der Waals surface area (Å²) in [6.45, 7) is 7.61. The first-order valence-electron chi connectivity index (χ1n) is 24.7. The van der Waals surface area contributed by atoms with Gasteiger partial charge in [0.05, 0.1) is 68.2 Å². The first kappa shape index (κ1) is 55.5. The third-order valence-electron chi connectivity index (χ3n) is 12.1. The van der Waals surface area contributed by atoms with Gasteiger partial charge < -0.3 is 35.0 Å². The standard InChI is InChI=1S/C28H24ClF4N7O2.C27H26FN7O3/c1-16-8-17(11-20(29)9-16)18-10-19(28(31,32)33)13-22(12-18)36-21-2-3-24(34-14-21)26(41)38-39-27-35-15-23(30)25(37-27)40-4-6-42-7-5-40;1-17-11-19(18-3-2-4-22(36)14-18)13-21(12-17)31-20-5-6-24(29-15-20)26(37)33-34-27-30-16-23(28)25(32-27)35-7-9-38-10-8-35/h2-3,8-15,36H,4-7H2,1H3,(H,38,41)(H,35,37,39);2-6,11-16,31,36H,7-10H2,1H3,(H,33,37)(H,30,32,34). The number of hydrazine groups is 2. The average Bonchev–Trinajstić information content (AvgIpc) is 3.45. The van der Waals surface area contributed by atoms with Crippen molar-refractivity contribution in [1.29, 1.82) is 0 Å². The van der Waals surface area contributed by atoms with Crippen molar-refractivity contribution in [2.75, 3.05) is 83.9 Å². The van der Waals surface area contributed by atoms with Gasteiger partial charge in [0.25, 0.3) is 11.8 Å². The highest BCUT2D eigenvalue weighted by Gasteiger charge is 2.31. The van der Waals surface area contributed by atoms with Crippen LogP contribution in [0.3, 0.4) is 0 Å². The molecule has 0 bridgehead atoms. The number of rotatable bonds is 14. The molecule has 0 saturated carbocycles. The lowest BCUT2D eigenvalue weighted by molar-refractivity contribution is -0.137. The highest BCUT2D eigenvalue weighted by molar-refractivity contribution is 6.31. The number of hydrogen-bond donors (Lipinski definition) is 7. The summed E-state index contributed by atoms with van der Waals surface area (Å²) in [5, 5.41) is 16.4. The molecular weight excluding hydrogens is 1070 g/mol. The van der Waals surface area contributed by atoms with Gasteiger partial charge in [-0.05, 0) is 126 Å². The number of phenols is 1. The van der Waals surface area contributed by atoms with Crippen LogP contribution in [-0.4, -0.2) is 99.4 Å².